The van der Waals surface area contributed by atoms with Crippen LogP contribution in [0.2, 0.25) is 5.02 Å². The molecule has 9 heteroatoms. The van der Waals surface area contributed by atoms with Crippen molar-refractivity contribution in [1.29, 1.82) is 0 Å². The van der Waals surface area contributed by atoms with Crippen LogP contribution in [0.4, 0.5) is 5.69 Å². The summed E-state index contributed by atoms with van der Waals surface area (Å²) in [4.78, 5) is 16.7. The summed E-state index contributed by atoms with van der Waals surface area (Å²) < 4.78 is 26.7. The van der Waals surface area contributed by atoms with Crippen LogP contribution in [-0.2, 0) is 16.6 Å². The third-order valence-electron chi connectivity index (χ3n) is 3.79. The van der Waals surface area contributed by atoms with Crippen molar-refractivity contribution >= 4 is 38.6 Å². The topological polar surface area (TPSA) is 81.1 Å². The molecule has 2 heterocycles. The monoisotopic (exact) mass is 423 g/mol. The number of aryl methyl sites for hydroxylation is 1. The quantitative estimate of drug-likeness (QED) is 0.647. The van der Waals surface area contributed by atoms with Crippen LogP contribution in [0.25, 0.3) is 21.6 Å². The Morgan fingerprint density at radius 3 is 2.70 bits per heavy atom. The van der Waals surface area contributed by atoms with E-state index in [-0.39, 0.29) is 5.69 Å². The summed E-state index contributed by atoms with van der Waals surface area (Å²) in [5.41, 5.74) is 2.77. The molecule has 0 radical (unpaired) electrons. The maximum atomic E-state index is 11.8. The molecule has 0 atom stereocenters. The first-order chi connectivity index (χ1) is 12.8. The van der Waals surface area contributed by atoms with Gasteiger partial charge in [0.1, 0.15) is 0 Å². The lowest BCUT2D eigenvalue weighted by Crippen LogP contribution is -2.21. The summed E-state index contributed by atoms with van der Waals surface area (Å²) in [6, 6.07) is 7.01. The van der Waals surface area contributed by atoms with Crippen LogP contribution in [0, 0.1) is 0 Å². The second-order valence-electron chi connectivity index (χ2n) is 6.09. The highest BCUT2D eigenvalue weighted by molar-refractivity contribution is 7.92. The number of hydrogen-bond acceptors (Lipinski definition) is 5. The van der Waals surface area contributed by atoms with Crippen LogP contribution < -0.4 is 10.4 Å². The number of benzene rings is 1. The number of nitrogens with zero attached hydrogens (tertiary/aromatic N) is 2. The summed E-state index contributed by atoms with van der Waals surface area (Å²) >= 11 is 7.87. The zero-order chi connectivity index (χ0) is 19.6. The van der Waals surface area contributed by atoms with E-state index in [9.17, 15) is 13.2 Å². The molecule has 0 saturated carbocycles. The van der Waals surface area contributed by atoms with Crippen LogP contribution in [0.15, 0.2) is 46.8 Å². The Hall–Kier alpha value is -2.16. The Balaban J connectivity index is 1.92. The molecule has 0 fully saturated rings. The van der Waals surface area contributed by atoms with Crippen LogP contribution in [0.3, 0.4) is 0 Å². The van der Waals surface area contributed by atoms with Gasteiger partial charge in [-0.3, -0.25) is 9.29 Å². The minimum atomic E-state index is -3.36. The molecule has 0 amide bonds. The van der Waals surface area contributed by atoms with Crippen LogP contribution in [-0.4, -0.2) is 24.2 Å². The maximum absolute atomic E-state index is 11.8. The SMILES string of the molecule is CCCn1cc(-c2csc(-c3ccc(NS(C)(=O)=O)cc3Cl)c2)cnc1=O. The summed E-state index contributed by atoms with van der Waals surface area (Å²) in [6.45, 7) is 2.63. The van der Waals surface area contributed by atoms with Gasteiger partial charge in [-0.05, 0) is 41.6 Å². The van der Waals surface area contributed by atoms with Crippen molar-refractivity contribution in [3.8, 4) is 21.6 Å². The number of nitrogens with one attached hydrogen (secondary N) is 1. The number of thiophene rings is 1. The number of sulfonamides is 1. The molecule has 1 N–H and O–H groups in total. The lowest BCUT2D eigenvalue weighted by atomic mass is 10.1. The minimum Gasteiger partial charge on any atom is -0.299 e. The summed E-state index contributed by atoms with van der Waals surface area (Å²) in [6.07, 6.45) is 5.32. The van der Waals surface area contributed by atoms with Gasteiger partial charge in [0.2, 0.25) is 10.0 Å². The third-order valence-corrected chi connectivity index (χ3v) is 5.67. The number of hydrogen-bond donors (Lipinski definition) is 1. The molecule has 3 aromatic rings. The first kappa shape index (κ1) is 19.6. The average molecular weight is 424 g/mol. The first-order valence-corrected chi connectivity index (χ1v) is 11.3. The van der Waals surface area contributed by atoms with Gasteiger partial charge in [0, 0.05) is 40.6 Å². The van der Waals surface area contributed by atoms with Crippen LogP contribution >= 0.6 is 22.9 Å². The lowest BCUT2D eigenvalue weighted by Gasteiger charge is -2.07. The van der Waals surface area contributed by atoms with Crippen LogP contribution in [0.1, 0.15) is 13.3 Å². The molecule has 0 saturated heterocycles. The molecule has 3 rings (SSSR count). The van der Waals surface area contributed by atoms with Crippen LogP contribution in [0.5, 0.6) is 0 Å². The van der Waals surface area contributed by atoms with Gasteiger partial charge in [0.05, 0.1) is 11.3 Å². The van der Waals surface area contributed by atoms with Gasteiger partial charge < -0.3 is 0 Å². The summed E-state index contributed by atoms with van der Waals surface area (Å²) in [5.74, 6) is 0. The van der Waals surface area contributed by atoms with E-state index < -0.39 is 10.0 Å². The van der Waals surface area contributed by atoms with E-state index in [0.717, 1.165) is 34.2 Å². The van der Waals surface area contributed by atoms with Gasteiger partial charge in [-0.1, -0.05) is 18.5 Å². The standard InChI is InChI=1S/C18H18ClN3O3S2/c1-3-6-22-10-13(9-20-18(22)23)12-7-17(26-11-12)15-5-4-14(8-16(15)19)21-27(2,24)25/h4-5,7-11,21H,3,6H2,1-2H3. The molecule has 0 unspecified atom stereocenters. The Morgan fingerprint density at radius 1 is 1.26 bits per heavy atom. The Morgan fingerprint density at radius 2 is 2.04 bits per heavy atom. The smallest absolute Gasteiger partial charge is 0.299 e. The van der Waals surface area contributed by atoms with Gasteiger partial charge in [0.25, 0.3) is 0 Å². The molecule has 6 nitrogen and oxygen atoms in total. The summed E-state index contributed by atoms with van der Waals surface area (Å²) in [7, 11) is -3.36. The van der Waals surface area contributed by atoms with E-state index >= 15 is 0 Å². The molecular weight excluding hydrogens is 406 g/mol. The Bertz CT molecular complexity index is 1140. The van der Waals surface area contributed by atoms with E-state index in [1.54, 1.807) is 29.0 Å². The molecule has 0 aliphatic heterocycles. The van der Waals surface area contributed by atoms with E-state index in [0.29, 0.717) is 17.3 Å². The predicted molar refractivity (Wildman–Crippen MR) is 111 cm³/mol. The molecular formula is C18H18ClN3O3S2. The van der Waals surface area contributed by atoms with E-state index in [1.807, 2.05) is 24.6 Å². The zero-order valence-electron chi connectivity index (χ0n) is 14.8. The molecule has 27 heavy (non-hydrogen) atoms. The summed E-state index contributed by atoms with van der Waals surface area (Å²) in [5, 5.41) is 2.43. The molecule has 0 aliphatic rings. The lowest BCUT2D eigenvalue weighted by molar-refractivity contribution is 0.607. The Labute approximate surface area is 166 Å². The zero-order valence-corrected chi connectivity index (χ0v) is 17.2. The van der Waals surface area contributed by atoms with Gasteiger partial charge >= 0.3 is 5.69 Å². The molecule has 2 aromatic heterocycles. The highest BCUT2D eigenvalue weighted by Crippen LogP contribution is 2.37. The third kappa shape index (κ3) is 4.77. The highest BCUT2D eigenvalue weighted by Gasteiger charge is 2.11. The molecule has 0 spiro atoms. The maximum Gasteiger partial charge on any atom is 0.347 e. The highest BCUT2D eigenvalue weighted by atomic mass is 35.5. The van der Waals surface area contributed by atoms with Crippen molar-refractivity contribution in [3.05, 3.63) is 57.5 Å². The van der Waals surface area contributed by atoms with Crippen molar-refractivity contribution in [2.45, 2.75) is 19.9 Å². The van der Waals surface area contributed by atoms with E-state index in [1.165, 1.54) is 11.3 Å². The van der Waals surface area contributed by atoms with Crippen molar-refractivity contribution in [1.82, 2.24) is 9.55 Å². The van der Waals surface area contributed by atoms with Crippen molar-refractivity contribution in [3.63, 3.8) is 0 Å². The fourth-order valence-corrected chi connectivity index (χ4v) is 4.48. The predicted octanol–water partition coefficient (Wildman–Crippen LogP) is 4.07. The Kier molecular flexibility index (Phi) is 5.69. The number of halogens is 1. The van der Waals surface area contributed by atoms with Gasteiger partial charge in [-0.15, -0.1) is 11.3 Å². The fourth-order valence-electron chi connectivity index (χ4n) is 2.63. The molecule has 0 aliphatic carbocycles. The number of rotatable bonds is 6. The van der Waals surface area contributed by atoms with E-state index in [2.05, 4.69) is 9.71 Å². The second kappa shape index (κ2) is 7.84. The van der Waals surface area contributed by atoms with Gasteiger partial charge in [-0.25, -0.2) is 18.2 Å². The number of anilines is 1. The van der Waals surface area contributed by atoms with Crippen molar-refractivity contribution < 1.29 is 8.42 Å². The molecule has 142 valence electrons. The second-order valence-corrected chi connectivity index (χ2v) is 9.15. The normalized spacial score (nSPS) is 11.5. The van der Waals surface area contributed by atoms with Crippen molar-refractivity contribution in [2.75, 3.05) is 11.0 Å². The van der Waals surface area contributed by atoms with Crippen molar-refractivity contribution in [2.24, 2.45) is 0 Å². The minimum absolute atomic E-state index is 0.256. The van der Waals surface area contributed by atoms with Gasteiger partial charge in [0.15, 0.2) is 0 Å². The fraction of sp³-hybridized carbons (Fsp3) is 0.222. The first-order valence-electron chi connectivity index (χ1n) is 8.20. The molecule has 1 aromatic carbocycles. The molecule has 0 bridgehead atoms. The largest absolute Gasteiger partial charge is 0.347 e. The van der Waals surface area contributed by atoms with E-state index in [4.69, 9.17) is 11.6 Å². The van der Waals surface area contributed by atoms with Gasteiger partial charge in [-0.2, -0.15) is 0 Å². The number of aromatic nitrogens is 2. The average Bonchev–Trinajstić information content (AvgIpc) is 3.05.